The Hall–Kier alpha value is -4.49. The van der Waals surface area contributed by atoms with Crippen molar-refractivity contribution in [3.63, 3.8) is 0 Å². The number of rotatable bonds is 9. The van der Waals surface area contributed by atoms with Gasteiger partial charge in [-0.2, -0.15) is 0 Å². The molecule has 0 bridgehead atoms. The second-order valence-electron chi connectivity index (χ2n) is 10.3. The maximum absolute atomic E-state index is 14.3. The molecule has 0 unspecified atom stereocenters. The maximum atomic E-state index is 14.3. The highest BCUT2D eigenvalue weighted by Crippen LogP contribution is 2.38. The number of hydrogen-bond acceptors (Lipinski definition) is 10. The highest BCUT2D eigenvalue weighted by Gasteiger charge is 2.36. The van der Waals surface area contributed by atoms with E-state index in [2.05, 4.69) is 4.90 Å². The molecule has 12 nitrogen and oxygen atoms in total. The first-order valence-corrected chi connectivity index (χ1v) is 15.2. The molecule has 5 rings (SSSR count). The van der Waals surface area contributed by atoms with E-state index in [1.807, 2.05) is 13.8 Å². The molecule has 13 heteroatoms. The van der Waals surface area contributed by atoms with E-state index in [9.17, 15) is 19.7 Å². The summed E-state index contributed by atoms with van der Waals surface area (Å²) in [5, 5.41) is 11.7. The van der Waals surface area contributed by atoms with Crippen molar-refractivity contribution in [2.45, 2.75) is 26.8 Å². The van der Waals surface area contributed by atoms with Gasteiger partial charge < -0.3 is 24.0 Å². The van der Waals surface area contributed by atoms with Crippen molar-refractivity contribution in [2.75, 3.05) is 58.5 Å². The van der Waals surface area contributed by atoms with Crippen LogP contribution in [0, 0.1) is 10.1 Å². The van der Waals surface area contributed by atoms with E-state index in [1.54, 1.807) is 49.3 Å². The van der Waals surface area contributed by atoms with Crippen LogP contribution in [0.3, 0.4) is 0 Å². The molecule has 0 saturated carbocycles. The Labute approximate surface area is 258 Å². The van der Waals surface area contributed by atoms with Gasteiger partial charge in [-0.05, 0) is 51.1 Å². The molecule has 0 radical (unpaired) electrons. The van der Waals surface area contributed by atoms with Crippen molar-refractivity contribution in [1.82, 2.24) is 9.47 Å². The van der Waals surface area contributed by atoms with Crippen molar-refractivity contribution < 1.29 is 23.9 Å². The molecule has 1 amide bonds. The Bertz CT molecular complexity index is 1800. The molecule has 2 aliphatic heterocycles. The van der Waals surface area contributed by atoms with Gasteiger partial charge in [-0.25, -0.2) is 4.99 Å². The lowest BCUT2D eigenvalue weighted by atomic mass is 9.93. The van der Waals surface area contributed by atoms with Crippen LogP contribution in [0.1, 0.15) is 37.9 Å². The van der Waals surface area contributed by atoms with Gasteiger partial charge in [0.1, 0.15) is 17.5 Å². The van der Waals surface area contributed by atoms with E-state index >= 15 is 0 Å². The van der Waals surface area contributed by atoms with E-state index in [-0.39, 0.29) is 17.2 Å². The molecule has 0 aliphatic carbocycles. The highest BCUT2D eigenvalue weighted by molar-refractivity contribution is 7.07. The van der Waals surface area contributed by atoms with Gasteiger partial charge in [-0.3, -0.25) is 24.3 Å². The predicted molar refractivity (Wildman–Crippen MR) is 167 cm³/mol. The number of morpholine rings is 1. The zero-order valence-corrected chi connectivity index (χ0v) is 26.2. The largest absolute Gasteiger partial charge is 0.497 e. The molecule has 1 fully saturated rings. The first-order valence-electron chi connectivity index (χ1n) is 14.4. The fraction of sp³-hybridized carbons (Fsp3) is 0.387. The van der Waals surface area contributed by atoms with Crippen molar-refractivity contribution in [3.05, 3.63) is 88.6 Å². The lowest BCUT2D eigenvalue weighted by Crippen LogP contribution is -2.43. The number of non-ortho nitro benzene ring substituents is 1. The fourth-order valence-electron chi connectivity index (χ4n) is 5.63. The minimum absolute atomic E-state index is 0.0806. The summed E-state index contributed by atoms with van der Waals surface area (Å²) in [6.07, 6.45) is 1.67. The number of aromatic nitrogens is 1. The SMILES string of the molecule is CCN(CC)C(=O)C1=C(C)N=c2s/c(=C/c3cc([N+](=O)[O-])ccc3N3CCOCC3)c(=O)n2[C@H]1c1cc(OC)ccc1OC. The summed E-state index contributed by atoms with van der Waals surface area (Å²) in [4.78, 5) is 48.5. The molecule has 2 aliphatic rings. The number of methoxy groups -OCH3 is 2. The number of likely N-dealkylation sites (N-methyl/N-ethyl adjacent to an activating group) is 1. The van der Waals surface area contributed by atoms with Crippen molar-refractivity contribution in [2.24, 2.45) is 4.99 Å². The molecule has 1 saturated heterocycles. The summed E-state index contributed by atoms with van der Waals surface area (Å²) < 4.78 is 18.6. The predicted octanol–water partition coefficient (Wildman–Crippen LogP) is 2.87. The number of carbonyl (C=O) groups is 1. The number of fused-ring (bicyclic) bond motifs is 1. The lowest BCUT2D eigenvalue weighted by molar-refractivity contribution is -0.384. The summed E-state index contributed by atoms with van der Waals surface area (Å²) in [7, 11) is 3.08. The van der Waals surface area contributed by atoms with Crippen LogP contribution in [0.4, 0.5) is 11.4 Å². The molecule has 1 aromatic heterocycles. The number of anilines is 1. The van der Waals surface area contributed by atoms with Crippen LogP contribution < -0.4 is 29.3 Å². The topological polar surface area (TPSA) is 129 Å². The van der Waals surface area contributed by atoms with Gasteiger partial charge in [0.2, 0.25) is 0 Å². The summed E-state index contributed by atoms with van der Waals surface area (Å²) >= 11 is 1.17. The van der Waals surface area contributed by atoms with Crippen molar-refractivity contribution >= 4 is 34.7 Å². The molecule has 3 heterocycles. The molecular weight excluding hydrogens is 586 g/mol. The second-order valence-corrected chi connectivity index (χ2v) is 11.3. The van der Waals surface area contributed by atoms with Crippen LogP contribution in [-0.4, -0.2) is 73.9 Å². The van der Waals surface area contributed by atoms with Gasteiger partial charge >= 0.3 is 0 Å². The average molecular weight is 622 g/mol. The maximum Gasteiger partial charge on any atom is 0.271 e. The van der Waals surface area contributed by atoms with Crippen LogP contribution in [-0.2, 0) is 9.53 Å². The first-order chi connectivity index (χ1) is 21.2. The number of nitro benzene ring substituents is 1. The van der Waals surface area contributed by atoms with Gasteiger partial charge in [0, 0.05) is 55.1 Å². The Kier molecular flexibility index (Phi) is 9.16. The Morgan fingerprint density at radius 1 is 1.16 bits per heavy atom. The monoisotopic (exact) mass is 621 g/mol. The van der Waals surface area contributed by atoms with Crippen LogP contribution in [0.25, 0.3) is 6.08 Å². The smallest absolute Gasteiger partial charge is 0.271 e. The summed E-state index contributed by atoms with van der Waals surface area (Å²) in [5.74, 6) is 0.797. The molecule has 2 aromatic carbocycles. The number of benzene rings is 2. The van der Waals surface area contributed by atoms with E-state index in [0.717, 1.165) is 5.69 Å². The molecule has 0 spiro atoms. The number of allylic oxidation sites excluding steroid dienone is 1. The van der Waals surface area contributed by atoms with Crippen molar-refractivity contribution in [3.8, 4) is 11.5 Å². The third-order valence-corrected chi connectivity index (χ3v) is 8.88. The molecular formula is C31H35N5O7S. The normalized spacial score (nSPS) is 16.8. The van der Waals surface area contributed by atoms with E-state index < -0.39 is 11.0 Å². The lowest BCUT2D eigenvalue weighted by Gasteiger charge is -2.30. The summed E-state index contributed by atoms with van der Waals surface area (Å²) in [6.45, 7) is 8.83. The van der Waals surface area contributed by atoms with Crippen LogP contribution in [0.15, 0.2) is 57.5 Å². The van der Waals surface area contributed by atoms with Gasteiger partial charge in [0.15, 0.2) is 4.80 Å². The minimum Gasteiger partial charge on any atom is -0.497 e. The van der Waals surface area contributed by atoms with Crippen LogP contribution >= 0.6 is 11.3 Å². The number of ether oxygens (including phenoxy) is 3. The van der Waals surface area contributed by atoms with E-state index in [4.69, 9.17) is 19.2 Å². The van der Waals surface area contributed by atoms with Crippen LogP contribution in [0.2, 0.25) is 0 Å². The molecule has 44 heavy (non-hydrogen) atoms. The van der Waals surface area contributed by atoms with E-state index in [0.29, 0.717) is 82.6 Å². The number of carbonyl (C=O) groups excluding carboxylic acids is 1. The van der Waals surface area contributed by atoms with Gasteiger partial charge in [-0.1, -0.05) is 11.3 Å². The molecule has 0 N–H and O–H groups in total. The summed E-state index contributed by atoms with van der Waals surface area (Å²) in [5.41, 5.74) is 2.29. The van der Waals surface area contributed by atoms with Crippen molar-refractivity contribution in [1.29, 1.82) is 0 Å². The Balaban J connectivity index is 1.77. The number of nitrogens with zero attached hydrogens (tertiary/aromatic N) is 5. The number of hydrogen-bond donors (Lipinski definition) is 0. The van der Waals surface area contributed by atoms with Gasteiger partial charge in [-0.15, -0.1) is 0 Å². The zero-order chi connectivity index (χ0) is 31.5. The molecule has 3 aromatic rings. The van der Waals surface area contributed by atoms with Gasteiger partial charge in [0.25, 0.3) is 17.2 Å². The van der Waals surface area contributed by atoms with Gasteiger partial charge in [0.05, 0.1) is 48.2 Å². The number of thiazole rings is 1. The third kappa shape index (κ3) is 5.72. The second kappa shape index (κ2) is 13.0. The number of nitro groups is 1. The van der Waals surface area contributed by atoms with E-state index in [1.165, 1.54) is 35.1 Å². The fourth-order valence-corrected chi connectivity index (χ4v) is 6.67. The minimum atomic E-state index is -0.852. The summed E-state index contributed by atoms with van der Waals surface area (Å²) in [6, 6.07) is 9.07. The molecule has 1 atom stereocenters. The quantitative estimate of drug-likeness (QED) is 0.264. The molecule has 232 valence electrons. The first kappa shape index (κ1) is 31.0. The van der Waals surface area contributed by atoms with Crippen LogP contribution in [0.5, 0.6) is 11.5 Å². The third-order valence-electron chi connectivity index (χ3n) is 7.89. The Morgan fingerprint density at radius 3 is 2.52 bits per heavy atom. The number of amides is 1. The Morgan fingerprint density at radius 2 is 1.89 bits per heavy atom. The zero-order valence-electron chi connectivity index (χ0n) is 25.4. The average Bonchev–Trinajstić information content (AvgIpc) is 3.34. The standard InChI is InChI=1S/C31H35N5O7S/c1-6-33(7-2)30(38)27-19(3)32-31-35(28(27)23-18-22(41-4)9-11-25(23)42-5)29(37)26(44-31)17-20-16-21(36(39)40)8-10-24(20)34-12-14-43-15-13-34/h8-11,16-18,28H,6-7,12-15H2,1-5H3/b26-17+/t28-/m0/s1. The highest BCUT2D eigenvalue weighted by atomic mass is 32.1.